The van der Waals surface area contributed by atoms with Gasteiger partial charge in [0.25, 0.3) is 5.91 Å². The van der Waals surface area contributed by atoms with Gasteiger partial charge in [0.15, 0.2) is 14.4 Å². The van der Waals surface area contributed by atoms with Crippen LogP contribution in [0.2, 0.25) is 19.6 Å². The van der Waals surface area contributed by atoms with Crippen molar-refractivity contribution in [3.05, 3.63) is 35.9 Å². The predicted molar refractivity (Wildman–Crippen MR) is 97.8 cm³/mol. The summed E-state index contributed by atoms with van der Waals surface area (Å²) in [4.78, 5) is 25.7. The molecular weight excluding hydrogens is 354 g/mol. The van der Waals surface area contributed by atoms with E-state index in [9.17, 15) is 19.8 Å². The molecule has 2 amide bonds. The number of carbonyl (C=O) groups is 2. The molecule has 3 atom stereocenters. The third-order valence-corrected chi connectivity index (χ3v) is 5.24. The average molecular weight is 382 g/mol. The summed E-state index contributed by atoms with van der Waals surface area (Å²) in [6, 6.07) is 8.00. The van der Waals surface area contributed by atoms with Crippen LogP contribution in [0.3, 0.4) is 0 Å². The number of aliphatic hydroxyl groups is 2. The molecule has 7 nitrogen and oxygen atoms in total. The first-order valence-electron chi connectivity index (χ1n) is 8.54. The lowest BCUT2D eigenvalue weighted by Crippen LogP contribution is -2.57. The Kier molecular flexibility index (Phi) is 5.91. The molecule has 0 unspecified atom stereocenters. The molecule has 8 heteroatoms. The van der Waals surface area contributed by atoms with Crippen molar-refractivity contribution in [1.29, 1.82) is 0 Å². The highest BCUT2D eigenvalue weighted by atomic mass is 28.4. The zero-order valence-electron chi connectivity index (χ0n) is 15.8. The number of aliphatic hydroxyl groups excluding tert-OH is 2. The number of likely N-dealkylation sites (tertiary alicyclic amines) is 1. The van der Waals surface area contributed by atoms with Crippen LogP contribution < -0.4 is 0 Å². The Morgan fingerprint density at radius 3 is 2.31 bits per heavy atom. The van der Waals surface area contributed by atoms with Crippen molar-refractivity contribution < 1.29 is 29.0 Å². The molecule has 0 aliphatic carbocycles. The van der Waals surface area contributed by atoms with E-state index >= 15 is 0 Å². The van der Waals surface area contributed by atoms with Crippen LogP contribution in [-0.4, -0.2) is 59.3 Å². The summed E-state index contributed by atoms with van der Waals surface area (Å²) in [5, 5.41) is 20.4. The molecule has 1 heterocycles. The Balaban J connectivity index is 2.22. The van der Waals surface area contributed by atoms with Crippen molar-refractivity contribution in [1.82, 2.24) is 4.90 Å². The topological polar surface area (TPSA) is 96.3 Å². The maximum absolute atomic E-state index is 12.6. The van der Waals surface area contributed by atoms with Crippen molar-refractivity contribution in [2.24, 2.45) is 0 Å². The number of ether oxygens (including phenoxy) is 1. The number of amides is 2. The number of imide groups is 1. The van der Waals surface area contributed by atoms with Gasteiger partial charge in [0.05, 0.1) is 11.6 Å². The van der Waals surface area contributed by atoms with E-state index in [1.165, 1.54) is 0 Å². The highest BCUT2D eigenvalue weighted by Gasteiger charge is 2.57. The van der Waals surface area contributed by atoms with Gasteiger partial charge in [-0.15, -0.1) is 0 Å². The summed E-state index contributed by atoms with van der Waals surface area (Å²) in [7, 11) is -2.05. The Bertz CT molecular complexity index is 657. The molecular formula is C18H27NO6Si. The summed E-state index contributed by atoms with van der Waals surface area (Å²) >= 11 is 0. The van der Waals surface area contributed by atoms with Gasteiger partial charge < -0.3 is 19.4 Å². The van der Waals surface area contributed by atoms with Crippen LogP contribution in [0.15, 0.2) is 30.3 Å². The smallest absolute Gasteiger partial charge is 0.417 e. The number of benzene rings is 1. The molecule has 0 spiro atoms. The second-order valence-corrected chi connectivity index (χ2v) is 12.4. The third-order valence-electron chi connectivity index (χ3n) is 4.10. The molecule has 2 N–H and O–H groups in total. The monoisotopic (exact) mass is 381 g/mol. The maximum Gasteiger partial charge on any atom is 0.417 e. The van der Waals surface area contributed by atoms with E-state index in [0.717, 1.165) is 10.5 Å². The van der Waals surface area contributed by atoms with Gasteiger partial charge in [-0.2, -0.15) is 0 Å². The largest absolute Gasteiger partial charge is 0.444 e. The molecule has 2 rings (SSSR count). The minimum absolute atomic E-state index is 0.0162. The Labute approximate surface area is 154 Å². The molecule has 1 saturated heterocycles. The van der Waals surface area contributed by atoms with Crippen LogP contribution in [0.5, 0.6) is 0 Å². The molecule has 0 saturated carbocycles. The van der Waals surface area contributed by atoms with E-state index in [-0.39, 0.29) is 6.61 Å². The fraction of sp³-hybridized carbons (Fsp3) is 0.556. The van der Waals surface area contributed by atoms with Crippen molar-refractivity contribution >= 4 is 20.3 Å². The normalized spacial score (nSPS) is 24.0. The molecule has 0 bridgehead atoms. The fourth-order valence-corrected chi connectivity index (χ4v) is 5.01. The van der Waals surface area contributed by atoms with Crippen molar-refractivity contribution in [2.75, 3.05) is 0 Å². The van der Waals surface area contributed by atoms with Crippen LogP contribution >= 0.6 is 0 Å². The van der Waals surface area contributed by atoms with E-state index < -0.39 is 44.2 Å². The molecule has 26 heavy (non-hydrogen) atoms. The average Bonchev–Trinajstić information content (AvgIpc) is 2.76. The summed E-state index contributed by atoms with van der Waals surface area (Å²) in [6.07, 6.45) is -4.04. The number of hydrogen-bond acceptors (Lipinski definition) is 6. The number of rotatable bonds is 5. The lowest BCUT2D eigenvalue weighted by atomic mass is 9.94. The van der Waals surface area contributed by atoms with Crippen LogP contribution in [0.25, 0.3) is 0 Å². The van der Waals surface area contributed by atoms with Crippen molar-refractivity contribution in [2.45, 2.75) is 63.9 Å². The molecule has 1 fully saturated rings. The summed E-state index contributed by atoms with van der Waals surface area (Å²) < 4.78 is 11.3. The Morgan fingerprint density at radius 1 is 1.19 bits per heavy atom. The van der Waals surface area contributed by atoms with E-state index in [4.69, 9.17) is 9.16 Å². The highest BCUT2D eigenvalue weighted by molar-refractivity contribution is 6.69. The Morgan fingerprint density at radius 2 is 1.77 bits per heavy atom. The fourth-order valence-electron chi connectivity index (χ4n) is 3.32. The predicted octanol–water partition coefficient (Wildman–Crippen LogP) is 1.89. The second-order valence-electron chi connectivity index (χ2n) is 7.95. The van der Waals surface area contributed by atoms with Crippen LogP contribution in [0.1, 0.15) is 19.4 Å². The van der Waals surface area contributed by atoms with Crippen molar-refractivity contribution in [3.63, 3.8) is 0 Å². The van der Waals surface area contributed by atoms with Gasteiger partial charge in [-0.25, -0.2) is 9.69 Å². The molecule has 0 aromatic heterocycles. The summed E-state index contributed by atoms with van der Waals surface area (Å²) in [6.45, 7) is 9.27. The first-order chi connectivity index (χ1) is 11.9. The first-order valence-corrected chi connectivity index (χ1v) is 11.9. The van der Waals surface area contributed by atoms with Gasteiger partial charge in [-0.3, -0.25) is 4.79 Å². The van der Waals surface area contributed by atoms with E-state index in [1.54, 1.807) is 26.0 Å². The molecule has 1 aliphatic rings. The molecule has 1 aromatic rings. The maximum atomic E-state index is 12.6. The van der Waals surface area contributed by atoms with E-state index in [2.05, 4.69) is 0 Å². The first kappa shape index (κ1) is 20.6. The molecule has 1 aromatic carbocycles. The van der Waals surface area contributed by atoms with E-state index in [1.807, 2.05) is 37.8 Å². The number of hydrogen-bond donors (Lipinski definition) is 2. The van der Waals surface area contributed by atoms with Crippen LogP contribution in [0, 0.1) is 0 Å². The number of carbonyl (C=O) groups excluding carboxylic acids is 2. The minimum Gasteiger partial charge on any atom is -0.444 e. The Hall–Kier alpha value is -1.74. The van der Waals surface area contributed by atoms with Gasteiger partial charge >= 0.3 is 6.09 Å². The molecule has 0 radical (unpaired) electrons. The van der Waals surface area contributed by atoms with Gasteiger partial charge in [0, 0.05) is 0 Å². The zero-order chi connectivity index (χ0) is 19.7. The molecule has 1 aliphatic heterocycles. The summed E-state index contributed by atoms with van der Waals surface area (Å²) in [5.74, 6) is -0.882. The third kappa shape index (κ3) is 4.50. The quantitative estimate of drug-likeness (QED) is 0.756. The van der Waals surface area contributed by atoms with Gasteiger partial charge in [0.2, 0.25) is 0 Å². The lowest BCUT2D eigenvalue weighted by molar-refractivity contribution is -0.135. The van der Waals surface area contributed by atoms with Crippen LogP contribution in [0.4, 0.5) is 4.79 Å². The lowest BCUT2D eigenvalue weighted by Gasteiger charge is -2.41. The minimum atomic E-state index is -2.05. The van der Waals surface area contributed by atoms with E-state index in [0.29, 0.717) is 0 Å². The SMILES string of the molecule is CC(C)(O[Si](C)(C)C)[C@@H]1[C@@H](O)[C@@H](O)C(=O)N1C(=O)OCc1ccccc1. The van der Waals surface area contributed by atoms with Crippen LogP contribution in [-0.2, 0) is 20.6 Å². The zero-order valence-corrected chi connectivity index (χ0v) is 16.8. The highest BCUT2D eigenvalue weighted by Crippen LogP contribution is 2.33. The van der Waals surface area contributed by atoms with Crippen molar-refractivity contribution in [3.8, 4) is 0 Å². The molecule has 144 valence electrons. The summed E-state index contributed by atoms with van der Waals surface area (Å²) in [5.41, 5.74) is -0.272. The van der Waals surface area contributed by atoms with Gasteiger partial charge in [-0.1, -0.05) is 30.3 Å². The number of nitrogens with zero attached hydrogens (tertiary/aromatic N) is 1. The standard InChI is InChI=1S/C18H27NO6Si/c1-18(2,25-26(3,4)5)15-13(20)14(21)16(22)19(15)17(23)24-11-12-9-7-6-8-10-12/h6-10,13-15,20-21H,11H2,1-5H3/t13-,14+,15-/m0/s1. The van der Waals surface area contributed by atoms with Gasteiger partial charge in [0.1, 0.15) is 12.7 Å². The van der Waals surface area contributed by atoms with Gasteiger partial charge in [-0.05, 0) is 39.1 Å². The second kappa shape index (κ2) is 7.48.